The molecule has 2 aromatic rings. The zero-order chi connectivity index (χ0) is 13.8. The minimum absolute atomic E-state index is 0.117. The van der Waals surface area contributed by atoms with Gasteiger partial charge in [0, 0.05) is 4.47 Å². The van der Waals surface area contributed by atoms with Crippen molar-refractivity contribution in [2.45, 2.75) is 6.92 Å². The molecule has 1 heterocycles. The fraction of sp³-hybridized carbons (Fsp3) is 0.182. The van der Waals surface area contributed by atoms with Gasteiger partial charge in [0.25, 0.3) is 5.91 Å². The van der Waals surface area contributed by atoms with Gasteiger partial charge < -0.3 is 4.74 Å². The number of carbonyl (C=O) groups is 1. The van der Waals surface area contributed by atoms with Gasteiger partial charge in [-0.3, -0.25) is 15.2 Å². The monoisotopic (exact) mass is 388 g/mol. The van der Waals surface area contributed by atoms with Gasteiger partial charge in [-0.25, -0.2) is 0 Å². The highest BCUT2D eigenvalue weighted by Gasteiger charge is 2.08. The van der Waals surface area contributed by atoms with E-state index in [1.807, 2.05) is 12.1 Å². The lowest BCUT2D eigenvalue weighted by Crippen LogP contribution is -2.21. The number of rotatable bonds is 4. The molecule has 0 unspecified atom stereocenters. The smallest absolute Gasteiger partial charge is 0.264 e. The summed E-state index contributed by atoms with van der Waals surface area (Å²) in [6.07, 6.45) is 0. The van der Waals surface area contributed by atoms with Crippen molar-refractivity contribution in [3.05, 3.63) is 33.0 Å². The van der Waals surface area contributed by atoms with Gasteiger partial charge in [0.1, 0.15) is 11.6 Å². The minimum Gasteiger partial charge on any atom is -0.483 e. The first-order valence-corrected chi connectivity index (χ1v) is 6.90. The first-order valence-electron chi connectivity index (χ1n) is 5.31. The van der Waals surface area contributed by atoms with Crippen molar-refractivity contribution in [1.29, 1.82) is 0 Å². The van der Waals surface area contributed by atoms with Gasteiger partial charge >= 0.3 is 0 Å². The van der Waals surface area contributed by atoms with Crippen molar-refractivity contribution < 1.29 is 9.53 Å². The summed E-state index contributed by atoms with van der Waals surface area (Å²) in [5, 5.41) is 8.96. The van der Waals surface area contributed by atoms with Crippen LogP contribution in [0.25, 0.3) is 0 Å². The Morgan fingerprint density at radius 3 is 2.89 bits per heavy atom. The number of ether oxygens (including phenoxy) is 1. The van der Waals surface area contributed by atoms with E-state index >= 15 is 0 Å². The van der Waals surface area contributed by atoms with Crippen LogP contribution in [-0.2, 0) is 4.79 Å². The third-order valence-electron chi connectivity index (χ3n) is 2.10. The molecule has 0 radical (unpaired) electrons. The van der Waals surface area contributed by atoms with Crippen molar-refractivity contribution >= 4 is 43.7 Å². The van der Waals surface area contributed by atoms with E-state index in [-0.39, 0.29) is 18.5 Å². The molecule has 2 N–H and O–H groups in total. The van der Waals surface area contributed by atoms with Gasteiger partial charge in [0.2, 0.25) is 5.95 Å². The average molecular weight is 390 g/mol. The lowest BCUT2D eigenvalue weighted by molar-refractivity contribution is -0.118. The van der Waals surface area contributed by atoms with E-state index < -0.39 is 0 Å². The first kappa shape index (κ1) is 14.0. The number of hydrogen-bond acceptors (Lipinski definition) is 4. The molecule has 0 spiro atoms. The molecule has 1 aromatic heterocycles. The van der Waals surface area contributed by atoms with Crippen LogP contribution in [0.3, 0.4) is 0 Å². The Morgan fingerprint density at radius 2 is 2.26 bits per heavy atom. The number of nitrogens with zero attached hydrogens (tertiary/aromatic N) is 2. The van der Waals surface area contributed by atoms with Crippen LogP contribution in [-0.4, -0.2) is 27.7 Å². The topological polar surface area (TPSA) is 79.9 Å². The van der Waals surface area contributed by atoms with E-state index in [2.05, 4.69) is 52.4 Å². The van der Waals surface area contributed by atoms with Gasteiger partial charge in [-0.15, -0.1) is 5.10 Å². The number of carbonyl (C=O) groups excluding carboxylic acids is 1. The summed E-state index contributed by atoms with van der Waals surface area (Å²) in [4.78, 5) is 15.6. The van der Waals surface area contributed by atoms with Crippen molar-refractivity contribution in [3.63, 3.8) is 0 Å². The highest BCUT2D eigenvalue weighted by atomic mass is 79.9. The molecule has 2 rings (SSSR count). The predicted molar refractivity (Wildman–Crippen MR) is 77.1 cm³/mol. The number of aryl methyl sites for hydroxylation is 1. The predicted octanol–water partition coefficient (Wildman–Crippen LogP) is 2.66. The van der Waals surface area contributed by atoms with Crippen molar-refractivity contribution in [1.82, 2.24) is 15.2 Å². The molecule has 100 valence electrons. The second kappa shape index (κ2) is 6.16. The van der Waals surface area contributed by atoms with Crippen LogP contribution in [0, 0.1) is 6.92 Å². The number of nitrogens with one attached hydrogen (secondary N) is 2. The first-order chi connectivity index (χ1) is 9.04. The van der Waals surface area contributed by atoms with Crippen LogP contribution in [0.15, 0.2) is 27.1 Å². The standard InChI is InChI=1S/C11H10Br2N4O2/c1-6-14-11(17-16-6)15-10(18)5-19-9-3-2-7(12)4-8(9)13/h2-4H,5H2,1H3,(H2,14,15,16,17,18). The van der Waals surface area contributed by atoms with E-state index in [0.717, 1.165) is 8.95 Å². The fourth-order valence-electron chi connectivity index (χ4n) is 1.29. The number of hydrogen-bond donors (Lipinski definition) is 2. The molecule has 1 amide bonds. The lowest BCUT2D eigenvalue weighted by Gasteiger charge is -2.07. The number of halogens is 2. The molecule has 0 saturated heterocycles. The van der Waals surface area contributed by atoms with Crippen LogP contribution in [0.5, 0.6) is 5.75 Å². The zero-order valence-electron chi connectivity index (χ0n) is 9.91. The Balaban J connectivity index is 1.89. The molecule has 0 aliphatic heterocycles. The number of aromatic nitrogens is 3. The normalized spacial score (nSPS) is 10.3. The van der Waals surface area contributed by atoms with Gasteiger partial charge in [0.05, 0.1) is 4.47 Å². The highest BCUT2D eigenvalue weighted by molar-refractivity contribution is 9.11. The van der Waals surface area contributed by atoms with E-state index in [9.17, 15) is 4.79 Å². The number of anilines is 1. The number of H-pyrrole nitrogens is 1. The molecular weight excluding hydrogens is 380 g/mol. The SMILES string of the molecule is Cc1nc(NC(=O)COc2ccc(Br)cc2Br)n[nH]1. The van der Waals surface area contributed by atoms with Crippen LogP contribution >= 0.6 is 31.9 Å². The van der Waals surface area contributed by atoms with Crippen LogP contribution in [0.4, 0.5) is 5.95 Å². The number of aromatic amines is 1. The molecule has 0 aliphatic rings. The van der Waals surface area contributed by atoms with Gasteiger partial charge in [-0.2, -0.15) is 4.98 Å². The number of benzene rings is 1. The Labute approximate surface area is 126 Å². The maximum Gasteiger partial charge on any atom is 0.264 e. The summed E-state index contributed by atoms with van der Waals surface area (Å²) >= 11 is 6.69. The summed E-state index contributed by atoms with van der Waals surface area (Å²) < 4.78 is 7.08. The van der Waals surface area contributed by atoms with Crippen molar-refractivity contribution in [3.8, 4) is 5.75 Å². The van der Waals surface area contributed by atoms with Crippen molar-refractivity contribution in [2.75, 3.05) is 11.9 Å². The molecule has 19 heavy (non-hydrogen) atoms. The molecule has 0 bridgehead atoms. The molecule has 0 saturated carbocycles. The zero-order valence-corrected chi connectivity index (χ0v) is 13.1. The van der Waals surface area contributed by atoms with E-state index in [1.54, 1.807) is 13.0 Å². The summed E-state index contributed by atoms with van der Waals surface area (Å²) in [6.45, 7) is 1.63. The van der Waals surface area contributed by atoms with Crippen LogP contribution < -0.4 is 10.1 Å². The van der Waals surface area contributed by atoms with E-state index in [4.69, 9.17) is 4.74 Å². The summed E-state index contributed by atoms with van der Waals surface area (Å²) in [5.41, 5.74) is 0. The van der Waals surface area contributed by atoms with Gasteiger partial charge in [-0.1, -0.05) is 15.9 Å². The summed E-state index contributed by atoms with van der Waals surface area (Å²) in [7, 11) is 0. The number of amides is 1. The molecule has 0 aliphatic carbocycles. The molecule has 1 aromatic carbocycles. The van der Waals surface area contributed by atoms with Gasteiger partial charge in [-0.05, 0) is 41.1 Å². The maximum atomic E-state index is 11.6. The largest absolute Gasteiger partial charge is 0.483 e. The second-order valence-electron chi connectivity index (χ2n) is 3.66. The van der Waals surface area contributed by atoms with Gasteiger partial charge in [0.15, 0.2) is 6.61 Å². The van der Waals surface area contributed by atoms with Crippen LogP contribution in [0.2, 0.25) is 0 Å². The Hall–Kier alpha value is -1.41. The molecule has 6 nitrogen and oxygen atoms in total. The fourth-order valence-corrected chi connectivity index (χ4v) is 2.46. The summed E-state index contributed by atoms with van der Waals surface area (Å²) in [5.74, 6) is 1.13. The lowest BCUT2D eigenvalue weighted by atomic mass is 10.3. The Kier molecular flexibility index (Phi) is 4.54. The third kappa shape index (κ3) is 4.03. The molecule has 0 atom stereocenters. The van der Waals surface area contributed by atoms with E-state index in [1.165, 1.54) is 0 Å². The Bertz CT molecular complexity index is 600. The quantitative estimate of drug-likeness (QED) is 0.842. The average Bonchev–Trinajstić information content (AvgIpc) is 2.73. The Morgan fingerprint density at radius 1 is 1.47 bits per heavy atom. The van der Waals surface area contributed by atoms with Crippen molar-refractivity contribution in [2.24, 2.45) is 0 Å². The minimum atomic E-state index is -0.325. The third-order valence-corrected chi connectivity index (χ3v) is 3.21. The molecule has 0 fully saturated rings. The molecular formula is C11H10Br2N4O2. The second-order valence-corrected chi connectivity index (χ2v) is 5.43. The molecule has 8 heteroatoms. The highest BCUT2D eigenvalue weighted by Crippen LogP contribution is 2.28. The van der Waals surface area contributed by atoms with Crippen LogP contribution in [0.1, 0.15) is 5.82 Å². The maximum absolute atomic E-state index is 11.6. The van der Waals surface area contributed by atoms with E-state index in [0.29, 0.717) is 11.6 Å². The summed E-state index contributed by atoms with van der Waals surface area (Å²) in [6, 6.07) is 5.43.